The van der Waals surface area contributed by atoms with E-state index in [0.717, 1.165) is 28.0 Å². The van der Waals surface area contributed by atoms with Crippen molar-refractivity contribution in [1.29, 1.82) is 5.26 Å². The minimum absolute atomic E-state index is 0.0744. The highest BCUT2D eigenvalue weighted by Gasteiger charge is 2.31. The first-order chi connectivity index (χ1) is 23.2. The van der Waals surface area contributed by atoms with Crippen molar-refractivity contribution in [1.82, 2.24) is 25.3 Å². The maximum Gasteiger partial charge on any atom is 0.407 e. The predicted octanol–water partition coefficient (Wildman–Crippen LogP) is 5.69. The first kappa shape index (κ1) is 34.4. The highest BCUT2D eigenvalue weighted by molar-refractivity contribution is 5.98. The van der Waals surface area contributed by atoms with Crippen molar-refractivity contribution in [2.45, 2.75) is 65.8 Å². The van der Waals surface area contributed by atoms with E-state index in [0.29, 0.717) is 35.7 Å². The molecule has 4 N–H and O–H groups in total. The molecule has 0 aliphatic carbocycles. The number of nitrogens with zero attached hydrogens (tertiary/aromatic N) is 5. The normalized spacial score (nSPS) is 14.0. The SMILES string of the molecule is CC1=CC(C)(C)N(CCOC(=O)NCc2ccc(COc3nc(N)nc4[nH]cnc34)cc2)c2ccc(/C=C(\C#N)C(=O)OC(C)(C)C)cc21. The van der Waals surface area contributed by atoms with Crippen LogP contribution in [-0.4, -0.2) is 56.3 Å². The molecule has 4 aromatic rings. The molecule has 0 fully saturated rings. The van der Waals surface area contributed by atoms with Crippen molar-refractivity contribution >= 4 is 46.5 Å². The molecule has 0 spiro atoms. The third kappa shape index (κ3) is 8.53. The Morgan fingerprint density at radius 2 is 1.86 bits per heavy atom. The highest BCUT2D eigenvalue weighted by atomic mass is 16.6. The number of imidazole rings is 1. The molecular weight excluding hydrogens is 624 g/mol. The average Bonchev–Trinajstić information content (AvgIpc) is 3.51. The third-order valence-electron chi connectivity index (χ3n) is 7.70. The van der Waals surface area contributed by atoms with Gasteiger partial charge >= 0.3 is 12.1 Å². The largest absolute Gasteiger partial charge is 0.471 e. The Kier molecular flexibility index (Phi) is 9.89. The number of ether oxygens (including phenoxy) is 3. The summed E-state index contributed by atoms with van der Waals surface area (Å²) in [6.07, 6.45) is 4.67. The average molecular weight is 665 g/mol. The topological polar surface area (TPSA) is 181 Å². The number of fused-ring (bicyclic) bond motifs is 2. The summed E-state index contributed by atoms with van der Waals surface area (Å²) >= 11 is 0. The number of hydrogen-bond acceptors (Lipinski definition) is 11. The number of H-pyrrole nitrogens is 1. The first-order valence-electron chi connectivity index (χ1n) is 15.8. The number of nitriles is 1. The fourth-order valence-corrected chi connectivity index (χ4v) is 5.52. The van der Waals surface area contributed by atoms with Crippen LogP contribution in [0.1, 0.15) is 63.8 Å². The van der Waals surface area contributed by atoms with Crippen LogP contribution < -0.4 is 20.7 Å². The molecule has 0 bridgehead atoms. The molecule has 0 atom stereocenters. The molecule has 1 aliphatic rings. The Bertz CT molecular complexity index is 1970. The number of benzene rings is 2. The number of hydrogen-bond donors (Lipinski definition) is 3. The maximum atomic E-state index is 12.6. The number of alkyl carbamates (subject to hydrolysis) is 1. The standard InChI is InChI=1S/C36H40N8O5/c1-22-17-36(5,6)44(28-12-11-25(16-27(22)28)15-26(18-37)32(45)49-35(2,3)4)13-14-47-34(46)39-19-23-7-9-24(10-8-23)20-48-31-29-30(41-21-40-29)42-33(38)43-31/h7-12,15-17,21H,13-14,19-20H2,1-6H3,(H,39,46)(H3,38,40,41,42,43)/b26-15+. The molecule has 2 aromatic carbocycles. The second-order valence-electron chi connectivity index (χ2n) is 13.2. The molecule has 3 heterocycles. The Morgan fingerprint density at radius 3 is 2.57 bits per heavy atom. The zero-order valence-corrected chi connectivity index (χ0v) is 28.5. The quantitative estimate of drug-likeness (QED) is 0.108. The van der Waals surface area contributed by atoms with Crippen LogP contribution in [0.25, 0.3) is 22.8 Å². The molecule has 1 aliphatic heterocycles. The molecule has 5 rings (SSSR count). The molecule has 0 unspecified atom stereocenters. The molecule has 254 valence electrons. The Labute approximate surface area is 284 Å². The van der Waals surface area contributed by atoms with Crippen LogP contribution in [-0.2, 0) is 27.4 Å². The number of carbonyl (C=O) groups is 2. The molecule has 0 saturated carbocycles. The third-order valence-corrected chi connectivity index (χ3v) is 7.70. The number of rotatable bonds is 10. The molecule has 49 heavy (non-hydrogen) atoms. The van der Waals surface area contributed by atoms with Crippen LogP contribution in [0.15, 0.2) is 60.4 Å². The fraction of sp³-hybridized carbons (Fsp3) is 0.333. The van der Waals surface area contributed by atoms with Crippen LogP contribution in [0.4, 0.5) is 16.4 Å². The van der Waals surface area contributed by atoms with Gasteiger partial charge in [0, 0.05) is 17.8 Å². The summed E-state index contributed by atoms with van der Waals surface area (Å²) in [5.74, 6) is -0.277. The summed E-state index contributed by atoms with van der Waals surface area (Å²) in [7, 11) is 0. The molecule has 13 heteroatoms. The van der Waals surface area contributed by atoms with E-state index in [2.05, 4.69) is 50.1 Å². The van der Waals surface area contributed by atoms with Crippen LogP contribution in [0.2, 0.25) is 0 Å². The number of nitrogens with one attached hydrogen (secondary N) is 2. The predicted molar refractivity (Wildman–Crippen MR) is 186 cm³/mol. The summed E-state index contributed by atoms with van der Waals surface area (Å²) in [5.41, 5.74) is 11.1. The highest BCUT2D eigenvalue weighted by Crippen LogP contribution is 2.39. The monoisotopic (exact) mass is 664 g/mol. The number of aromatic amines is 1. The van der Waals surface area contributed by atoms with Gasteiger partial charge in [-0.05, 0) is 82.0 Å². The second-order valence-corrected chi connectivity index (χ2v) is 13.2. The summed E-state index contributed by atoms with van der Waals surface area (Å²) < 4.78 is 16.8. The van der Waals surface area contributed by atoms with E-state index < -0.39 is 17.7 Å². The number of anilines is 2. The van der Waals surface area contributed by atoms with E-state index in [9.17, 15) is 14.9 Å². The smallest absolute Gasteiger partial charge is 0.407 e. The van der Waals surface area contributed by atoms with Gasteiger partial charge in [0.1, 0.15) is 30.5 Å². The zero-order valence-electron chi connectivity index (χ0n) is 28.5. The number of nitrogen functional groups attached to an aromatic ring is 1. The Morgan fingerprint density at radius 1 is 1.12 bits per heavy atom. The minimum atomic E-state index is -0.708. The first-order valence-corrected chi connectivity index (χ1v) is 15.8. The minimum Gasteiger partial charge on any atom is -0.471 e. The van der Waals surface area contributed by atoms with Crippen molar-refractivity contribution in [3.05, 3.63) is 82.7 Å². The van der Waals surface area contributed by atoms with Gasteiger partial charge in [0.15, 0.2) is 11.2 Å². The van der Waals surface area contributed by atoms with Crippen LogP contribution in [0, 0.1) is 11.3 Å². The fourth-order valence-electron chi connectivity index (χ4n) is 5.52. The van der Waals surface area contributed by atoms with Crippen molar-refractivity contribution in [2.24, 2.45) is 0 Å². The van der Waals surface area contributed by atoms with Crippen LogP contribution in [0.3, 0.4) is 0 Å². The zero-order chi connectivity index (χ0) is 35.3. The van der Waals surface area contributed by atoms with Crippen LogP contribution in [0.5, 0.6) is 5.88 Å². The summed E-state index contributed by atoms with van der Waals surface area (Å²) in [4.78, 5) is 42.5. The van der Waals surface area contributed by atoms with Crippen molar-refractivity contribution < 1.29 is 23.8 Å². The van der Waals surface area contributed by atoms with Gasteiger partial charge in [-0.3, -0.25) is 0 Å². The van der Waals surface area contributed by atoms with Gasteiger partial charge in [0.2, 0.25) is 11.8 Å². The van der Waals surface area contributed by atoms with Gasteiger partial charge in [-0.1, -0.05) is 36.4 Å². The van der Waals surface area contributed by atoms with Crippen LogP contribution >= 0.6 is 0 Å². The lowest BCUT2D eigenvalue weighted by molar-refractivity contribution is -0.149. The second kappa shape index (κ2) is 14.1. The molecule has 2 aromatic heterocycles. The van der Waals surface area contributed by atoms with E-state index in [-0.39, 0.29) is 30.3 Å². The van der Waals surface area contributed by atoms with Crippen molar-refractivity contribution in [3.63, 3.8) is 0 Å². The van der Waals surface area contributed by atoms with E-state index in [4.69, 9.17) is 19.9 Å². The Balaban J connectivity index is 1.14. The number of allylic oxidation sites excluding steroid dienone is 1. The molecule has 0 saturated heterocycles. The Hall–Kier alpha value is -5.90. The molecule has 13 nitrogen and oxygen atoms in total. The molecule has 1 amide bonds. The number of amides is 1. The lowest BCUT2D eigenvalue weighted by Crippen LogP contribution is -2.47. The van der Waals surface area contributed by atoms with E-state index >= 15 is 0 Å². The van der Waals surface area contributed by atoms with Gasteiger partial charge in [-0.2, -0.15) is 15.2 Å². The maximum absolute atomic E-state index is 12.6. The van der Waals surface area contributed by atoms with E-state index in [1.54, 1.807) is 20.8 Å². The molecule has 0 radical (unpaired) electrons. The van der Waals surface area contributed by atoms with E-state index in [1.165, 1.54) is 12.4 Å². The molecular formula is C36H40N8O5. The van der Waals surface area contributed by atoms with Gasteiger partial charge in [0.05, 0.1) is 18.4 Å². The summed E-state index contributed by atoms with van der Waals surface area (Å²) in [6.45, 7) is 12.6. The number of aromatic nitrogens is 4. The number of esters is 1. The van der Waals surface area contributed by atoms with Crippen molar-refractivity contribution in [2.75, 3.05) is 23.8 Å². The van der Waals surface area contributed by atoms with Gasteiger partial charge in [-0.15, -0.1) is 0 Å². The van der Waals surface area contributed by atoms with Gasteiger partial charge in [-0.25, -0.2) is 14.6 Å². The number of carbonyl (C=O) groups excluding carboxylic acids is 2. The lowest BCUT2D eigenvalue weighted by atomic mass is 9.88. The van der Waals surface area contributed by atoms with Gasteiger partial charge < -0.3 is 35.1 Å². The summed E-state index contributed by atoms with van der Waals surface area (Å²) in [6, 6.07) is 15.3. The summed E-state index contributed by atoms with van der Waals surface area (Å²) in [5, 5.41) is 12.4. The van der Waals surface area contributed by atoms with Gasteiger partial charge in [0.25, 0.3) is 0 Å². The van der Waals surface area contributed by atoms with Crippen molar-refractivity contribution in [3.8, 4) is 11.9 Å². The lowest BCUT2D eigenvalue weighted by Gasteiger charge is -2.43. The number of nitrogens with two attached hydrogens (primary N) is 1. The van der Waals surface area contributed by atoms with E-state index in [1.807, 2.05) is 55.5 Å².